The van der Waals surface area contributed by atoms with Gasteiger partial charge in [0.25, 0.3) is 5.91 Å². The van der Waals surface area contributed by atoms with Gasteiger partial charge in [-0.25, -0.2) is 9.37 Å². The van der Waals surface area contributed by atoms with E-state index in [0.29, 0.717) is 30.3 Å². The van der Waals surface area contributed by atoms with Crippen molar-refractivity contribution in [2.75, 3.05) is 25.1 Å². The van der Waals surface area contributed by atoms with Gasteiger partial charge < -0.3 is 29.1 Å². The van der Waals surface area contributed by atoms with E-state index in [-0.39, 0.29) is 42.2 Å². The van der Waals surface area contributed by atoms with Crippen molar-refractivity contribution in [2.24, 2.45) is 5.92 Å². The molecule has 2 fully saturated rings. The number of aromatic nitrogens is 1. The van der Waals surface area contributed by atoms with Gasteiger partial charge in [-0.15, -0.1) is 0 Å². The van der Waals surface area contributed by atoms with Crippen LogP contribution < -0.4 is 14.4 Å². The number of amides is 2. The molecule has 1 saturated heterocycles. The van der Waals surface area contributed by atoms with Gasteiger partial charge in [0.05, 0.1) is 24.9 Å². The van der Waals surface area contributed by atoms with Gasteiger partial charge in [0.2, 0.25) is 5.91 Å². The van der Waals surface area contributed by atoms with Gasteiger partial charge in [0.1, 0.15) is 11.5 Å². The number of ether oxygens (including phenoxy) is 3. The highest BCUT2D eigenvalue weighted by Gasteiger charge is 2.39. The molecule has 12 heteroatoms. The fourth-order valence-electron chi connectivity index (χ4n) is 5.23. The molecule has 9 nitrogen and oxygen atoms in total. The number of carbonyl (C=O) groups is 2. The molecule has 3 aromatic rings. The predicted molar refractivity (Wildman–Crippen MR) is 154 cm³/mol. The summed E-state index contributed by atoms with van der Waals surface area (Å²) in [5, 5.41) is 11.0. The maximum Gasteiger partial charge on any atom is 0.387 e. The van der Waals surface area contributed by atoms with Crippen LogP contribution in [0.2, 0.25) is 0 Å². The van der Waals surface area contributed by atoms with Crippen LogP contribution in [0.4, 0.5) is 18.9 Å². The van der Waals surface area contributed by atoms with Gasteiger partial charge in [-0.2, -0.15) is 8.78 Å². The molecule has 1 aromatic heterocycles. The summed E-state index contributed by atoms with van der Waals surface area (Å²) in [7, 11) is 1.55. The first-order valence-electron chi connectivity index (χ1n) is 14.4. The molecule has 2 unspecified atom stereocenters. The average molecular weight is 614 g/mol. The smallest absolute Gasteiger partial charge is 0.387 e. The number of halogens is 3. The Balaban J connectivity index is 1.24. The van der Waals surface area contributed by atoms with Gasteiger partial charge in [-0.05, 0) is 79.3 Å². The summed E-state index contributed by atoms with van der Waals surface area (Å²) in [6.45, 7) is -1.03. The van der Waals surface area contributed by atoms with Crippen LogP contribution in [-0.2, 0) is 16.1 Å². The Kier molecular flexibility index (Phi) is 9.70. The van der Waals surface area contributed by atoms with Crippen LogP contribution >= 0.6 is 0 Å². The number of benzene rings is 2. The third-order valence-electron chi connectivity index (χ3n) is 7.85. The fraction of sp³-hybridized carbons (Fsp3) is 0.406. The SMILES string of the molecule is CC(=O)N1CC(c2ccc(OC(F)F)c(OCC3CC3)c2)C[C@@H]1C(O)OCc1cccc(C(=O)N(C)c2ccc(F)cc2)n1. The van der Waals surface area contributed by atoms with Gasteiger partial charge in [-0.3, -0.25) is 9.59 Å². The quantitative estimate of drug-likeness (QED) is 0.283. The predicted octanol–water partition coefficient (Wildman–Crippen LogP) is 5.13. The first kappa shape index (κ1) is 31.3. The number of anilines is 1. The molecule has 0 bridgehead atoms. The average Bonchev–Trinajstić information content (AvgIpc) is 3.73. The summed E-state index contributed by atoms with van der Waals surface area (Å²) in [5.74, 6) is -0.728. The molecule has 3 atom stereocenters. The molecule has 1 N–H and O–H groups in total. The van der Waals surface area contributed by atoms with Crippen molar-refractivity contribution in [2.45, 2.75) is 57.7 Å². The number of alkyl halides is 2. The zero-order valence-corrected chi connectivity index (χ0v) is 24.4. The summed E-state index contributed by atoms with van der Waals surface area (Å²) in [5.41, 5.74) is 1.78. The molecule has 234 valence electrons. The van der Waals surface area contributed by atoms with Crippen molar-refractivity contribution >= 4 is 17.5 Å². The monoisotopic (exact) mass is 613 g/mol. The minimum Gasteiger partial charge on any atom is -0.489 e. The second kappa shape index (κ2) is 13.6. The Morgan fingerprint density at radius 3 is 2.52 bits per heavy atom. The number of hydrogen-bond donors (Lipinski definition) is 1. The lowest BCUT2D eigenvalue weighted by molar-refractivity contribution is -0.158. The molecule has 1 aliphatic carbocycles. The van der Waals surface area contributed by atoms with E-state index in [1.807, 2.05) is 0 Å². The lowest BCUT2D eigenvalue weighted by Gasteiger charge is -2.27. The number of likely N-dealkylation sites (tertiary alicyclic amines) is 1. The maximum absolute atomic E-state index is 13.3. The molecule has 2 aliphatic rings. The standard InChI is InChI=1S/C32H34F3N3O6/c1-19(39)38-16-22(21-8-13-28(44-32(34)35)29(15-21)42-17-20-6-7-20)14-27(38)31(41)43-18-24-4-3-5-26(36-24)30(40)37(2)25-11-9-23(33)10-12-25/h3-5,8-13,15,20,22,27,31-32,41H,6-7,14,16-18H2,1-2H3/t22?,27-,31?/m1/s1. The number of carbonyl (C=O) groups excluding carboxylic acids is 2. The van der Waals surface area contributed by atoms with E-state index < -0.39 is 30.7 Å². The molecule has 44 heavy (non-hydrogen) atoms. The fourth-order valence-corrected chi connectivity index (χ4v) is 5.23. The largest absolute Gasteiger partial charge is 0.489 e. The van der Waals surface area contributed by atoms with Crippen molar-refractivity contribution in [3.05, 3.63) is 83.4 Å². The minimum absolute atomic E-state index is 0.0530. The molecule has 0 spiro atoms. The van der Waals surface area contributed by atoms with Crippen LogP contribution in [0.15, 0.2) is 60.7 Å². The van der Waals surface area contributed by atoms with Crippen molar-refractivity contribution < 1.29 is 42.1 Å². The molecular weight excluding hydrogens is 579 g/mol. The van der Waals surface area contributed by atoms with Gasteiger partial charge >= 0.3 is 6.61 Å². The Labute approximate surface area is 253 Å². The van der Waals surface area contributed by atoms with Crippen molar-refractivity contribution in [3.63, 3.8) is 0 Å². The molecule has 2 amide bonds. The molecular formula is C32H34F3N3O6. The number of rotatable bonds is 12. The Morgan fingerprint density at radius 1 is 1.09 bits per heavy atom. The lowest BCUT2D eigenvalue weighted by atomic mass is 9.95. The van der Waals surface area contributed by atoms with Crippen LogP contribution in [0.5, 0.6) is 11.5 Å². The highest BCUT2D eigenvalue weighted by molar-refractivity contribution is 6.04. The first-order valence-corrected chi connectivity index (χ1v) is 14.4. The summed E-state index contributed by atoms with van der Waals surface area (Å²) in [6, 6.07) is 14.4. The van der Waals surface area contributed by atoms with Gasteiger partial charge in [0, 0.05) is 32.1 Å². The van der Waals surface area contributed by atoms with Crippen LogP contribution in [0.25, 0.3) is 0 Å². The Bertz CT molecular complexity index is 1470. The summed E-state index contributed by atoms with van der Waals surface area (Å²) in [6.07, 6.45) is 1.05. The van der Waals surface area contributed by atoms with E-state index >= 15 is 0 Å². The van der Waals surface area contributed by atoms with Crippen LogP contribution in [0.3, 0.4) is 0 Å². The second-order valence-electron chi connectivity index (χ2n) is 11.1. The van der Waals surface area contributed by atoms with Crippen molar-refractivity contribution in [3.8, 4) is 11.5 Å². The minimum atomic E-state index is -3.00. The van der Waals surface area contributed by atoms with Crippen LogP contribution in [-0.4, -0.2) is 65.9 Å². The third kappa shape index (κ3) is 7.67. The number of aliphatic hydroxyl groups is 1. The van der Waals surface area contributed by atoms with Gasteiger partial charge in [0.15, 0.2) is 17.8 Å². The number of hydrogen-bond acceptors (Lipinski definition) is 7. The van der Waals surface area contributed by atoms with E-state index in [4.69, 9.17) is 9.47 Å². The first-order chi connectivity index (χ1) is 21.1. The van der Waals surface area contributed by atoms with E-state index in [2.05, 4.69) is 9.72 Å². The van der Waals surface area contributed by atoms with Crippen LogP contribution in [0.1, 0.15) is 53.8 Å². The topological polar surface area (TPSA) is 101 Å². The lowest BCUT2D eigenvalue weighted by Crippen LogP contribution is -2.42. The summed E-state index contributed by atoms with van der Waals surface area (Å²) < 4.78 is 55.4. The van der Waals surface area contributed by atoms with Crippen molar-refractivity contribution in [1.82, 2.24) is 9.88 Å². The highest BCUT2D eigenvalue weighted by Crippen LogP contribution is 2.39. The molecule has 1 aliphatic heterocycles. The Hall–Kier alpha value is -4.16. The molecule has 0 radical (unpaired) electrons. The number of nitrogens with zero attached hydrogens (tertiary/aromatic N) is 3. The van der Waals surface area contributed by atoms with E-state index in [0.717, 1.165) is 18.4 Å². The van der Waals surface area contributed by atoms with Crippen molar-refractivity contribution in [1.29, 1.82) is 0 Å². The number of aliphatic hydroxyl groups excluding tert-OH is 1. The molecule has 2 aromatic carbocycles. The molecule has 5 rings (SSSR count). The Morgan fingerprint density at radius 2 is 1.84 bits per heavy atom. The molecule has 1 saturated carbocycles. The number of pyridine rings is 1. The zero-order chi connectivity index (χ0) is 31.4. The van der Waals surface area contributed by atoms with E-state index in [1.54, 1.807) is 37.4 Å². The third-order valence-corrected chi connectivity index (χ3v) is 7.85. The summed E-state index contributed by atoms with van der Waals surface area (Å²) in [4.78, 5) is 32.7. The van der Waals surface area contributed by atoms with E-state index in [9.17, 15) is 27.9 Å². The normalized spacial score (nSPS) is 18.8. The van der Waals surface area contributed by atoms with Crippen LogP contribution in [0, 0.1) is 11.7 Å². The zero-order valence-electron chi connectivity index (χ0n) is 24.4. The molecule has 2 heterocycles. The second-order valence-corrected chi connectivity index (χ2v) is 11.1. The highest BCUT2D eigenvalue weighted by atomic mass is 19.3. The van der Waals surface area contributed by atoms with E-state index in [1.165, 1.54) is 47.1 Å². The summed E-state index contributed by atoms with van der Waals surface area (Å²) >= 11 is 0. The maximum atomic E-state index is 13.3. The van der Waals surface area contributed by atoms with Gasteiger partial charge in [-0.1, -0.05) is 12.1 Å².